The molecule has 4 heteroatoms. The molecule has 0 aromatic heterocycles. The van der Waals surface area contributed by atoms with E-state index in [1.165, 1.54) is 13.0 Å². The largest absolute Gasteiger partial charge is 0.463 e. The molecule has 0 heterocycles. The Morgan fingerprint density at radius 3 is 2.58 bits per heavy atom. The maximum Gasteiger partial charge on any atom is 0.338 e. The summed E-state index contributed by atoms with van der Waals surface area (Å²) in [5.41, 5.74) is -0.759. The van der Waals surface area contributed by atoms with Crippen LogP contribution in [0.15, 0.2) is 43.0 Å². The molecule has 1 aromatic carbocycles. The molecule has 0 aliphatic carbocycles. The minimum atomic E-state index is -1.60. The van der Waals surface area contributed by atoms with Crippen LogP contribution in [-0.2, 0) is 20.7 Å². The van der Waals surface area contributed by atoms with Crippen LogP contribution in [0, 0.1) is 0 Å². The lowest BCUT2D eigenvalue weighted by Crippen LogP contribution is -2.39. The van der Waals surface area contributed by atoms with Crippen molar-refractivity contribution in [1.82, 2.24) is 0 Å². The van der Waals surface area contributed by atoms with E-state index in [9.17, 15) is 14.7 Å². The molecular weight excluding hydrogens is 244 g/mol. The lowest BCUT2D eigenvalue weighted by Gasteiger charge is -2.21. The molecule has 19 heavy (non-hydrogen) atoms. The van der Waals surface area contributed by atoms with Crippen LogP contribution < -0.4 is 0 Å². The minimum Gasteiger partial charge on any atom is -0.463 e. The summed E-state index contributed by atoms with van der Waals surface area (Å²) in [4.78, 5) is 22.7. The maximum atomic E-state index is 11.7. The van der Waals surface area contributed by atoms with E-state index in [-0.39, 0.29) is 25.2 Å². The number of esters is 1. The molecule has 1 N–H and O–H groups in total. The highest BCUT2D eigenvalue weighted by molar-refractivity contribution is 5.89. The molecule has 0 radical (unpaired) electrons. The molecule has 0 saturated carbocycles. The monoisotopic (exact) mass is 262 g/mol. The van der Waals surface area contributed by atoms with Crippen molar-refractivity contribution in [2.75, 3.05) is 6.61 Å². The number of allylic oxidation sites excluding steroid dienone is 1. The normalized spacial score (nSPS) is 13.4. The summed E-state index contributed by atoms with van der Waals surface area (Å²) in [6, 6.07) is 9.17. The smallest absolute Gasteiger partial charge is 0.338 e. The van der Waals surface area contributed by atoms with Crippen molar-refractivity contribution in [3.05, 3.63) is 48.6 Å². The summed E-state index contributed by atoms with van der Waals surface area (Å²) in [6.07, 6.45) is 1.43. The Hall–Kier alpha value is -1.94. The van der Waals surface area contributed by atoms with Gasteiger partial charge in [-0.25, -0.2) is 4.79 Å². The number of hydrogen-bond acceptors (Lipinski definition) is 4. The van der Waals surface area contributed by atoms with Gasteiger partial charge in [-0.05, 0) is 18.6 Å². The Morgan fingerprint density at radius 2 is 2.00 bits per heavy atom. The van der Waals surface area contributed by atoms with Gasteiger partial charge in [-0.15, -0.1) is 0 Å². The van der Waals surface area contributed by atoms with Crippen molar-refractivity contribution in [3.8, 4) is 0 Å². The van der Waals surface area contributed by atoms with Gasteiger partial charge in [-0.1, -0.05) is 36.9 Å². The molecule has 0 spiro atoms. The lowest BCUT2D eigenvalue weighted by atomic mass is 9.97. The first kappa shape index (κ1) is 15.1. The lowest BCUT2D eigenvalue weighted by molar-refractivity contribution is -0.163. The van der Waals surface area contributed by atoms with Gasteiger partial charge in [0.15, 0.2) is 11.4 Å². The van der Waals surface area contributed by atoms with Crippen LogP contribution in [-0.4, -0.2) is 29.1 Å². The molecule has 0 amide bonds. The molecule has 1 aromatic rings. The van der Waals surface area contributed by atoms with Crippen LogP contribution in [0.25, 0.3) is 0 Å². The van der Waals surface area contributed by atoms with Crippen LogP contribution in [0.1, 0.15) is 18.9 Å². The molecule has 4 nitrogen and oxygen atoms in total. The van der Waals surface area contributed by atoms with Crippen LogP contribution in [0.4, 0.5) is 0 Å². The third-order valence-corrected chi connectivity index (χ3v) is 2.64. The van der Waals surface area contributed by atoms with Gasteiger partial charge in [0.1, 0.15) is 0 Å². The van der Waals surface area contributed by atoms with E-state index in [1.807, 2.05) is 30.3 Å². The Labute approximate surface area is 112 Å². The fourth-order valence-corrected chi connectivity index (χ4v) is 1.57. The molecule has 0 aliphatic rings. The highest BCUT2D eigenvalue weighted by Crippen LogP contribution is 2.15. The second kappa shape index (κ2) is 6.85. The van der Waals surface area contributed by atoms with E-state index in [4.69, 9.17) is 4.74 Å². The summed E-state index contributed by atoms with van der Waals surface area (Å²) in [6.45, 7) is 4.68. The number of ether oxygens (including phenoxy) is 1. The Balaban J connectivity index is 2.50. The first-order valence-corrected chi connectivity index (χ1v) is 6.04. The van der Waals surface area contributed by atoms with Crippen molar-refractivity contribution >= 4 is 11.8 Å². The molecule has 102 valence electrons. The molecule has 0 saturated heterocycles. The quantitative estimate of drug-likeness (QED) is 0.599. The van der Waals surface area contributed by atoms with Crippen molar-refractivity contribution < 1.29 is 19.4 Å². The van der Waals surface area contributed by atoms with E-state index in [1.54, 1.807) is 0 Å². The SMILES string of the molecule is C=CC(=O)CCOC(=O)C(C)(O)Cc1ccccc1. The molecule has 0 bridgehead atoms. The van der Waals surface area contributed by atoms with Gasteiger partial charge in [0.05, 0.1) is 6.61 Å². The van der Waals surface area contributed by atoms with Crippen LogP contribution in [0.2, 0.25) is 0 Å². The van der Waals surface area contributed by atoms with Crippen molar-refractivity contribution in [1.29, 1.82) is 0 Å². The Kier molecular flexibility index (Phi) is 5.45. The topological polar surface area (TPSA) is 63.6 Å². The zero-order chi connectivity index (χ0) is 14.3. The number of carbonyl (C=O) groups excluding carboxylic acids is 2. The van der Waals surface area contributed by atoms with Gasteiger partial charge in [-0.2, -0.15) is 0 Å². The second-order valence-corrected chi connectivity index (χ2v) is 4.49. The third kappa shape index (κ3) is 5.06. The minimum absolute atomic E-state index is 0.0470. The Bertz CT molecular complexity index is 448. The number of carbonyl (C=O) groups is 2. The van der Waals surface area contributed by atoms with E-state index in [2.05, 4.69) is 6.58 Å². The van der Waals surface area contributed by atoms with E-state index in [0.29, 0.717) is 0 Å². The first-order valence-electron chi connectivity index (χ1n) is 6.04. The molecule has 1 unspecified atom stereocenters. The van der Waals surface area contributed by atoms with Gasteiger partial charge in [-0.3, -0.25) is 4.79 Å². The second-order valence-electron chi connectivity index (χ2n) is 4.49. The average Bonchev–Trinajstić information content (AvgIpc) is 2.39. The predicted molar refractivity (Wildman–Crippen MR) is 71.5 cm³/mol. The van der Waals surface area contributed by atoms with Crippen LogP contribution >= 0.6 is 0 Å². The molecule has 1 rings (SSSR count). The number of aliphatic hydroxyl groups is 1. The van der Waals surface area contributed by atoms with E-state index < -0.39 is 11.6 Å². The molecule has 0 aliphatic heterocycles. The number of rotatable bonds is 7. The van der Waals surface area contributed by atoms with Gasteiger partial charge in [0.25, 0.3) is 0 Å². The molecule has 1 atom stereocenters. The van der Waals surface area contributed by atoms with Gasteiger partial charge in [0, 0.05) is 12.8 Å². The predicted octanol–water partition coefficient (Wildman–Crippen LogP) is 1.67. The highest BCUT2D eigenvalue weighted by Gasteiger charge is 2.32. The zero-order valence-corrected chi connectivity index (χ0v) is 11.0. The van der Waals surface area contributed by atoms with Gasteiger partial charge < -0.3 is 9.84 Å². The standard InChI is InChI=1S/C15H18O4/c1-3-13(16)9-10-19-14(17)15(2,18)11-12-7-5-4-6-8-12/h3-8,18H,1,9-11H2,2H3. The van der Waals surface area contributed by atoms with Gasteiger partial charge in [0.2, 0.25) is 0 Å². The zero-order valence-electron chi connectivity index (χ0n) is 11.0. The maximum absolute atomic E-state index is 11.7. The molecule has 0 fully saturated rings. The Morgan fingerprint density at radius 1 is 1.37 bits per heavy atom. The van der Waals surface area contributed by atoms with Crippen LogP contribution in [0.5, 0.6) is 0 Å². The summed E-state index contributed by atoms with van der Waals surface area (Å²) >= 11 is 0. The number of benzene rings is 1. The van der Waals surface area contributed by atoms with Crippen molar-refractivity contribution in [3.63, 3.8) is 0 Å². The van der Waals surface area contributed by atoms with E-state index in [0.717, 1.165) is 5.56 Å². The highest BCUT2D eigenvalue weighted by atomic mass is 16.5. The summed E-state index contributed by atoms with van der Waals surface area (Å²) < 4.78 is 4.89. The number of ketones is 1. The van der Waals surface area contributed by atoms with Gasteiger partial charge >= 0.3 is 5.97 Å². The van der Waals surface area contributed by atoms with Crippen molar-refractivity contribution in [2.45, 2.75) is 25.4 Å². The summed E-state index contributed by atoms with van der Waals surface area (Å²) in [5.74, 6) is -0.927. The van der Waals surface area contributed by atoms with Crippen LogP contribution in [0.3, 0.4) is 0 Å². The van der Waals surface area contributed by atoms with Crippen molar-refractivity contribution in [2.24, 2.45) is 0 Å². The summed E-state index contributed by atoms with van der Waals surface area (Å²) in [5, 5.41) is 10.1. The average molecular weight is 262 g/mol. The third-order valence-electron chi connectivity index (χ3n) is 2.64. The molecular formula is C15H18O4. The fraction of sp³-hybridized carbons (Fsp3) is 0.333. The number of hydrogen-bond donors (Lipinski definition) is 1. The fourth-order valence-electron chi connectivity index (χ4n) is 1.57. The first-order chi connectivity index (χ1) is 8.95. The van der Waals surface area contributed by atoms with E-state index >= 15 is 0 Å². The summed E-state index contributed by atoms with van der Waals surface area (Å²) in [7, 11) is 0.